The van der Waals surface area contributed by atoms with E-state index < -0.39 is 5.97 Å². The SMILES string of the molecule is COc1cc(OCC(=O)N(C)C)c(C=CC(=O)c2ccc(C(=O)O)cc2)cc1-c1cccs1. The zero-order chi connectivity index (χ0) is 24.0. The molecule has 0 bridgehead atoms. The number of rotatable bonds is 9. The highest BCUT2D eigenvalue weighted by Crippen LogP contribution is 2.38. The van der Waals surface area contributed by atoms with Gasteiger partial charge in [0, 0.05) is 41.7 Å². The van der Waals surface area contributed by atoms with Crippen molar-refractivity contribution in [3.63, 3.8) is 0 Å². The van der Waals surface area contributed by atoms with E-state index in [2.05, 4.69) is 0 Å². The first-order valence-electron chi connectivity index (χ1n) is 9.94. The molecule has 0 atom stereocenters. The number of methoxy groups -OCH3 is 1. The van der Waals surface area contributed by atoms with Crippen molar-refractivity contribution < 1.29 is 29.0 Å². The number of nitrogens with zero attached hydrogens (tertiary/aromatic N) is 1. The van der Waals surface area contributed by atoms with Crippen LogP contribution in [-0.4, -0.2) is 55.5 Å². The average Bonchev–Trinajstić information content (AvgIpc) is 3.35. The Labute approximate surface area is 195 Å². The summed E-state index contributed by atoms with van der Waals surface area (Å²) in [7, 11) is 4.84. The zero-order valence-electron chi connectivity index (χ0n) is 18.4. The van der Waals surface area contributed by atoms with Crippen molar-refractivity contribution in [2.75, 3.05) is 27.8 Å². The molecule has 0 saturated carbocycles. The predicted molar refractivity (Wildman–Crippen MR) is 127 cm³/mol. The Morgan fingerprint density at radius 3 is 2.30 bits per heavy atom. The van der Waals surface area contributed by atoms with E-state index in [9.17, 15) is 14.4 Å². The zero-order valence-corrected chi connectivity index (χ0v) is 19.2. The van der Waals surface area contributed by atoms with Gasteiger partial charge in [-0.25, -0.2) is 4.79 Å². The quantitative estimate of drug-likeness (QED) is 0.370. The molecular weight excluding hydrogens is 442 g/mol. The maximum absolute atomic E-state index is 12.6. The lowest BCUT2D eigenvalue weighted by Crippen LogP contribution is -2.27. The first kappa shape index (κ1) is 23.7. The van der Waals surface area contributed by atoms with E-state index >= 15 is 0 Å². The Kier molecular flexibility index (Phi) is 7.63. The van der Waals surface area contributed by atoms with Gasteiger partial charge in [-0.15, -0.1) is 11.3 Å². The minimum Gasteiger partial charge on any atom is -0.496 e. The molecule has 33 heavy (non-hydrogen) atoms. The largest absolute Gasteiger partial charge is 0.496 e. The van der Waals surface area contributed by atoms with Crippen LogP contribution in [0.4, 0.5) is 0 Å². The number of allylic oxidation sites excluding steroid dienone is 1. The number of ether oxygens (including phenoxy) is 2. The molecule has 3 rings (SSSR count). The third kappa shape index (κ3) is 5.87. The van der Waals surface area contributed by atoms with Gasteiger partial charge in [-0.1, -0.05) is 18.2 Å². The Hall–Kier alpha value is -3.91. The van der Waals surface area contributed by atoms with Crippen LogP contribution in [0.15, 0.2) is 60.0 Å². The third-order valence-corrected chi connectivity index (χ3v) is 5.70. The first-order valence-corrected chi connectivity index (χ1v) is 10.8. The van der Waals surface area contributed by atoms with Gasteiger partial charge in [0.15, 0.2) is 12.4 Å². The van der Waals surface area contributed by atoms with Crippen LogP contribution in [0, 0.1) is 0 Å². The number of carbonyl (C=O) groups is 3. The van der Waals surface area contributed by atoms with Gasteiger partial charge in [0.2, 0.25) is 0 Å². The second-order valence-corrected chi connectivity index (χ2v) is 8.17. The molecule has 0 aliphatic carbocycles. The highest BCUT2D eigenvalue weighted by atomic mass is 32.1. The summed E-state index contributed by atoms with van der Waals surface area (Å²) >= 11 is 1.55. The van der Waals surface area contributed by atoms with E-state index in [-0.39, 0.29) is 23.9 Å². The van der Waals surface area contributed by atoms with Gasteiger partial charge < -0.3 is 19.5 Å². The fraction of sp³-hybridized carbons (Fsp3) is 0.160. The number of benzene rings is 2. The number of hydrogen-bond acceptors (Lipinski definition) is 6. The number of carboxylic acids is 1. The van der Waals surface area contributed by atoms with E-state index in [4.69, 9.17) is 14.6 Å². The smallest absolute Gasteiger partial charge is 0.335 e. The molecule has 0 spiro atoms. The van der Waals surface area contributed by atoms with Gasteiger partial charge in [0.05, 0.1) is 12.7 Å². The standard InChI is InChI=1S/C25H23NO6S/c1-26(2)24(28)15-32-21-14-22(31-3)19(23-5-4-12-33-23)13-18(21)10-11-20(27)16-6-8-17(9-7-16)25(29)30/h4-14H,15H2,1-3H3,(H,29,30). The normalized spacial score (nSPS) is 10.8. The fourth-order valence-corrected chi connectivity index (χ4v) is 3.68. The molecule has 0 aliphatic heterocycles. The summed E-state index contributed by atoms with van der Waals surface area (Å²) in [5.41, 5.74) is 1.89. The van der Waals surface area contributed by atoms with Gasteiger partial charge in [-0.3, -0.25) is 9.59 Å². The molecule has 2 aromatic carbocycles. The van der Waals surface area contributed by atoms with Crippen molar-refractivity contribution in [2.45, 2.75) is 0 Å². The molecule has 1 amide bonds. The molecule has 7 nitrogen and oxygen atoms in total. The molecule has 3 aromatic rings. The number of likely N-dealkylation sites (N-methyl/N-ethyl adjacent to an activating group) is 1. The number of thiophene rings is 1. The topological polar surface area (TPSA) is 93.1 Å². The summed E-state index contributed by atoms with van der Waals surface area (Å²) in [6.45, 7) is -0.167. The number of carbonyl (C=O) groups excluding carboxylic acids is 2. The van der Waals surface area contributed by atoms with Gasteiger partial charge in [0.1, 0.15) is 11.5 Å². The highest BCUT2D eigenvalue weighted by Gasteiger charge is 2.15. The summed E-state index contributed by atoms with van der Waals surface area (Å²) in [6, 6.07) is 13.1. The molecule has 0 aliphatic rings. The molecule has 170 valence electrons. The second kappa shape index (κ2) is 10.6. The van der Waals surface area contributed by atoms with E-state index in [1.165, 1.54) is 35.2 Å². The summed E-state index contributed by atoms with van der Waals surface area (Å²) in [6.07, 6.45) is 3.00. The van der Waals surface area contributed by atoms with Gasteiger partial charge in [-0.2, -0.15) is 0 Å². The molecule has 0 fully saturated rings. The molecule has 1 N–H and O–H groups in total. The monoisotopic (exact) mass is 465 g/mol. The lowest BCUT2D eigenvalue weighted by molar-refractivity contribution is -0.130. The van der Waals surface area contributed by atoms with E-state index in [0.29, 0.717) is 22.6 Å². The third-order valence-electron chi connectivity index (χ3n) is 4.80. The maximum Gasteiger partial charge on any atom is 0.335 e. The Morgan fingerprint density at radius 2 is 1.73 bits per heavy atom. The van der Waals surface area contributed by atoms with E-state index in [0.717, 1.165) is 10.4 Å². The molecular formula is C25H23NO6S. The lowest BCUT2D eigenvalue weighted by Gasteiger charge is -2.16. The Balaban J connectivity index is 1.95. The number of hydrogen-bond donors (Lipinski definition) is 1. The number of carboxylic acid groups (broad SMARTS) is 1. The summed E-state index contributed by atoms with van der Waals surface area (Å²) in [4.78, 5) is 38.1. The van der Waals surface area contributed by atoms with E-state index in [1.807, 2.05) is 23.6 Å². The van der Waals surface area contributed by atoms with Crippen molar-refractivity contribution in [2.24, 2.45) is 0 Å². The number of aromatic carboxylic acids is 1. The van der Waals surface area contributed by atoms with E-state index in [1.54, 1.807) is 44.7 Å². The van der Waals surface area contributed by atoms with Crippen LogP contribution in [0.3, 0.4) is 0 Å². The minimum absolute atomic E-state index is 0.104. The summed E-state index contributed by atoms with van der Waals surface area (Å²) in [5.74, 6) is -0.584. The molecule has 8 heteroatoms. The van der Waals surface area contributed by atoms with Crippen molar-refractivity contribution in [1.82, 2.24) is 4.90 Å². The predicted octanol–water partition coefficient (Wildman–Crippen LogP) is 4.49. The van der Waals surface area contributed by atoms with Crippen molar-refractivity contribution in [1.29, 1.82) is 0 Å². The molecule has 0 radical (unpaired) electrons. The van der Waals surface area contributed by atoms with Crippen molar-refractivity contribution in [3.8, 4) is 21.9 Å². The average molecular weight is 466 g/mol. The lowest BCUT2D eigenvalue weighted by atomic mass is 10.0. The van der Waals surface area contributed by atoms with Crippen molar-refractivity contribution >= 4 is 35.1 Å². The summed E-state index contributed by atoms with van der Waals surface area (Å²) < 4.78 is 11.3. The van der Waals surface area contributed by atoms with Gasteiger partial charge in [-0.05, 0) is 41.8 Å². The van der Waals surface area contributed by atoms with Crippen LogP contribution in [0.25, 0.3) is 16.5 Å². The number of amides is 1. The van der Waals surface area contributed by atoms with Crippen LogP contribution in [0.5, 0.6) is 11.5 Å². The Bertz CT molecular complexity index is 1180. The Morgan fingerprint density at radius 1 is 1.03 bits per heavy atom. The van der Waals surface area contributed by atoms with Crippen molar-refractivity contribution in [3.05, 3.63) is 76.7 Å². The summed E-state index contributed by atoms with van der Waals surface area (Å²) in [5, 5.41) is 11.0. The minimum atomic E-state index is -1.06. The highest BCUT2D eigenvalue weighted by molar-refractivity contribution is 7.13. The fourth-order valence-electron chi connectivity index (χ4n) is 2.93. The van der Waals surface area contributed by atoms with Crippen LogP contribution < -0.4 is 9.47 Å². The van der Waals surface area contributed by atoms with Crippen LogP contribution in [0.2, 0.25) is 0 Å². The van der Waals surface area contributed by atoms with Crippen LogP contribution >= 0.6 is 11.3 Å². The molecule has 1 aromatic heterocycles. The maximum atomic E-state index is 12.6. The first-order chi connectivity index (χ1) is 15.8. The second-order valence-electron chi connectivity index (χ2n) is 7.22. The van der Waals surface area contributed by atoms with Crippen LogP contribution in [-0.2, 0) is 4.79 Å². The van der Waals surface area contributed by atoms with Gasteiger partial charge >= 0.3 is 5.97 Å². The van der Waals surface area contributed by atoms with Gasteiger partial charge in [0.25, 0.3) is 5.91 Å². The molecule has 1 heterocycles. The van der Waals surface area contributed by atoms with Crippen LogP contribution in [0.1, 0.15) is 26.3 Å². The molecule has 0 saturated heterocycles. The molecule has 0 unspecified atom stereocenters. The number of ketones is 1.